The van der Waals surface area contributed by atoms with Gasteiger partial charge in [0.05, 0.1) is 5.56 Å². The van der Waals surface area contributed by atoms with Gasteiger partial charge in [0.15, 0.2) is 0 Å². The minimum atomic E-state index is 0.000509. The fourth-order valence-electron chi connectivity index (χ4n) is 3.62. The lowest BCUT2D eigenvalue weighted by Crippen LogP contribution is -2.42. The van der Waals surface area contributed by atoms with Crippen LogP contribution >= 0.6 is 0 Å². The number of hydrogen-bond donors (Lipinski definition) is 1. The number of rotatable bonds is 2. The normalized spacial score (nSPS) is 26.0. The van der Waals surface area contributed by atoms with Crippen molar-refractivity contribution in [3.8, 4) is 0 Å². The van der Waals surface area contributed by atoms with E-state index in [1.807, 2.05) is 28.9 Å². The molecule has 5 nitrogen and oxygen atoms in total. The molecule has 2 aliphatic rings. The number of pyridine rings is 1. The summed E-state index contributed by atoms with van der Waals surface area (Å²) < 4.78 is 1.88. The van der Waals surface area contributed by atoms with Crippen LogP contribution in [0.1, 0.15) is 29.6 Å². The molecule has 0 saturated carbocycles. The Hall–Kier alpha value is -1.88. The molecule has 2 aliphatic heterocycles. The first-order valence-electron chi connectivity index (χ1n) is 7.29. The first-order chi connectivity index (χ1) is 9.83. The first-order valence-corrected chi connectivity index (χ1v) is 7.29. The summed E-state index contributed by atoms with van der Waals surface area (Å²) in [5, 5.41) is 3.21. The van der Waals surface area contributed by atoms with Gasteiger partial charge in [-0.25, -0.2) is 4.98 Å². The summed E-state index contributed by atoms with van der Waals surface area (Å²) in [6.07, 6.45) is 9.02. The third kappa shape index (κ3) is 1.81. The van der Waals surface area contributed by atoms with Crippen LogP contribution in [0.5, 0.6) is 0 Å². The molecule has 4 rings (SSSR count). The highest BCUT2D eigenvalue weighted by molar-refractivity contribution is 5.99. The lowest BCUT2D eigenvalue weighted by molar-refractivity contribution is 0.0930. The van der Waals surface area contributed by atoms with E-state index in [2.05, 4.69) is 15.2 Å². The molecule has 2 aromatic heterocycles. The highest BCUT2D eigenvalue weighted by Crippen LogP contribution is 2.28. The van der Waals surface area contributed by atoms with Crippen molar-refractivity contribution in [3.63, 3.8) is 0 Å². The standard InChI is InChI=1S/C15H18N4O/c20-15(11-3-1-8-19-10-6-16-14(11)19)17-12-5-9-18-7-2-4-13(12)18/h1,3,6,8,10,12-13H,2,4-5,7,9H2,(H,17,20)/t12-,13+/m1/s1. The van der Waals surface area contributed by atoms with Crippen LogP contribution in [-0.2, 0) is 0 Å². The summed E-state index contributed by atoms with van der Waals surface area (Å²) in [4.78, 5) is 19.3. The zero-order valence-corrected chi connectivity index (χ0v) is 11.3. The third-order valence-electron chi connectivity index (χ3n) is 4.59. The number of carbonyl (C=O) groups is 1. The van der Waals surface area contributed by atoms with Gasteiger partial charge in [0.1, 0.15) is 5.65 Å². The van der Waals surface area contributed by atoms with Crippen molar-refractivity contribution in [2.24, 2.45) is 0 Å². The maximum atomic E-state index is 12.5. The van der Waals surface area contributed by atoms with Gasteiger partial charge < -0.3 is 9.72 Å². The van der Waals surface area contributed by atoms with Crippen LogP contribution in [0.4, 0.5) is 0 Å². The molecule has 2 aromatic rings. The fraction of sp³-hybridized carbons (Fsp3) is 0.467. The number of aromatic nitrogens is 2. The molecule has 2 fully saturated rings. The molecule has 1 N–H and O–H groups in total. The summed E-state index contributed by atoms with van der Waals surface area (Å²) in [6, 6.07) is 4.57. The number of fused-ring (bicyclic) bond motifs is 2. The number of imidazole rings is 1. The summed E-state index contributed by atoms with van der Waals surface area (Å²) in [5.74, 6) is 0.000509. The van der Waals surface area contributed by atoms with Crippen LogP contribution in [0, 0.1) is 0 Å². The number of hydrogen-bond acceptors (Lipinski definition) is 3. The zero-order valence-electron chi connectivity index (χ0n) is 11.3. The molecule has 2 atom stereocenters. The van der Waals surface area contributed by atoms with Crippen LogP contribution in [0.15, 0.2) is 30.7 Å². The average Bonchev–Trinajstić information content (AvgIpc) is 3.14. The summed E-state index contributed by atoms with van der Waals surface area (Å²) >= 11 is 0. The van der Waals surface area contributed by atoms with Gasteiger partial charge in [-0.05, 0) is 37.9 Å². The van der Waals surface area contributed by atoms with E-state index in [4.69, 9.17) is 0 Å². The van der Waals surface area contributed by atoms with Crippen LogP contribution < -0.4 is 5.32 Å². The SMILES string of the molecule is O=C(N[C@@H]1CCN2CCC[C@@H]12)c1cccn2ccnc12. The van der Waals surface area contributed by atoms with Crippen molar-refractivity contribution in [2.45, 2.75) is 31.3 Å². The van der Waals surface area contributed by atoms with E-state index >= 15 is 0 Å². The van der Waals surface area contributed by atoms with E-state index in [0.29, 0.717) is 17.6 Å². The van der Waals surface area contributed by atoms with E-state index in [0.717, 1.165) is 18.6 Å². The summed E-state index contributed by atoms with van der Waals surface area (Å²) in [5.41, 5.74) is 1.39. The third-order valence-corrected chi connectivity index (χ3v) is 4.59. The van der Waals surface area contributed by atoms with Gasteiger partial charge in [0.2, 0.25) is 0 Å². The Labute approximate surface area is 117 Å². The minimum Gasteiger partial charge on any atom is -0.348 e. The van der Waals surface area contributed by atoms with Gasteiger partial charge in [0, 0.05) is 37.2 Å². The van der Waals surface area contributed by atoms with E-state index < -0.39 is 0 Å². The molecule has 5 heteroatoms. The van der Waals surface area contributed by atoms with Gasteiger partial charge in [-0.3, -0.25) is 9.69 Å². The predicted molar refractivity (Wildman–Crippen MR) is 75.7 cm³/mol. The van der Waals surface area contributed by atoms with Crippen LogP contribution in [0.3, 0.4) is 0 Å². The molecule has 4 heterocycles. The molecule has 0 aliphatic carbocycles. The van der Waals surface area contributed by atoms with Crippen molar-refractivity contribution in [3.05, 3.63) is 36.3 Å². The van der Waals surface area contributed by atoms with Gasteiger partial charge in [-0.1, -0.05) is 0 Å². The largest absolute Gasteiger partial charge is 0.348 e. The molecule has 0 bridgehead atoms. The Kier molecular flexibility index (Phi) is 2.73. The van der Waals surface area contributed by atoms with E-state index in [1.54, 1.807) is 6.20 Å². The highest BCUT2D eigenvalue weighted by atomic mass is 16.1. The molecule has 0 radical (unpaired) electrons. The summed E-state index contributed by atoms with van der Waals surface area (Å²) in [7, 11) is 0. The lowest BCUT2D eigenvalue weighted by Gasteiger charge is -2.21. The van der Waals surface area contributed by atoms with Crippen molar-refractivity contribution < 1.29 is 4.79 Å². The second-order valence-electron chi connectivity index (χ2n) is 5.69. The Morgan fingerprint density at radius 1 is 1.30 bits per heavy atom. The monoisotopic (exact) mass is 270 g/mol. The molecule has 20 heavy (non-hydrogen) atoms. The molecule has 0 unspecified atom stereocenters. The Morgan fingerprint density at radius 2 is 2.25 bits per heavy atom. The molecule has 2 saturated heterocycles. The van der Waals surface area contributed by atoms with E-state index in [9.17, 15) is 4.79 Å². The van der Waals surface area contributed by atoms with Crippen LogP contribution in [0.2, 0.25) is 0 Å². The topological polar surface area (TPSA) is 49.6 Å². The minimum absolute atomic E-state index is 0.000509. The van der Waals surface area contributed by atoms with Crippen LogP contribution in [-0.4, -0.2) is 45.4 Å². The number of nitrogens with zero attached hydrogens (tertiary/aromatic N) is 3. The van der Waals surface area contributed by atoms with Crippen molar-refractivity contribution in [1.29, 1.82) is 0 Å². The van der Waals surface area contributed by atoms with Gasteiger partial charge in [0.25, 0.3) is 5.91 Å². The van der Waals surface area contributed by atoms with Gasteiger partial charge in [-0.15, -0.1) is 0 Å². The molecule has 0 spiro atoms. The smallest absolute Gasteiger partial charge is 0.255 e. The van der Waals surface area contributed by atoms with Gasteiger partial charge in [-0.2, -0.15) is 0 Å². The zero-order chi connectivity index (χ0) is 13.5. The Bertz CT molecular complexity index is 650. The van der Waals surface area contributed by atoms with E-state index in [-0.39, 0.29) is 5.91 Å². The number of nitrogens with one attached hydrogen (secondary N) is 1. The van der Waals surface area contributed by atoms with E-state index in [1.165, 1.54) is 19.4 Å². The molecule has 0 aromatic carbocycles. The maximum absolute atomic E-state index is 12.5. The van der Waals surface area contributed by atoms with Crippen molar-refractivity contribution in [2.75, 3.05) is 13.1 Å². The van der Waals surface area contributed by atoms with Crippen molar-refractivity contribution in [1.82, 2.24) is 19.6 Å². The quantitative estimate of drug-likeness (QED) is 0.895. The second-order valence-corrected chi connectivity index (χ2v) is 5.69. The number of carbonyl (C=O) groups excluding carboxylic acids is 1. The number of amides is 1. The maximum Gasteiger partial charge on any atom is 0.255 e. The highest BCUT2D eigenvalue weighted by Gasteiger charge is 2.38. The Balaban J connectivity index is 1.57. The van der Waals surface area contributed by atoms with Crippen molar-refractivity contribution >= 4 is 11.6 Å². The lowest BCUT2D eigenvalue weighted by atomic mass is 10.1. The first kappa shape index (κ1) is 11.9. The molecule has 1 amide bonds. The van der Waals surface area contributed by atoms with Gasteiger partial charge >= 0.3 is 0 Å². The summed E-state index contributed by atoms with van der Waals surface area (Å²) in [6.45, 7) is 2.30. The predicted octanol–water partition coefficient (Wildman–Crippen LogP) is 1.30. The molecular formula is C15H18N4O. The second kappa shape index (κ2) is 4.59. The Morgan fingerprint density at radius 3 is 3.20 bits per heavy atom. The fourth-order valence-corrected chi connectivity index (χ4v) is 3.62. The molecule has 104 valence electrons. The molecular weight excluding hydrogens is 252 g/mol. The average molecular weight is 270 g/mol. The van der Waals surface area contributed by atoms with Crippen LogP contribution in [0.25, 0.3) is 5.65 Å².